The van der Waals surface area contributed by atoms with Gasteiger partial charge in [-0.25, -0.2) is 22.9 Å². The van der Waals surface area contributed by atoms with Crippen LogP contribution in [-0.4, -0.2) is 16.7 Å². The van der Waals surface area contributed by atoms with Crippen LogP contribution in [0.5, 0.6) is 5.88 Å². The summed E-state index contributed by atoms with van der Waals surface area (Å²) in [5.74, 6) is -6.26. The van der Waals surface area contributed by atoms with Crippen molar-refractivity contribution in [2.45, 2.75) is 13.8 Å². The highest BCUT2D eigenvalue weighted by molar-refractivity contribution is 6.11. The van der Waals surface area contributed by atoms with Crippen LogP contribution in [0.25, 0.3) is 0 Å². The number of nitrogens with zero attached hydrogens (tertiary/aromatic N) is 1. The van der Waals surface area contributed by atoms with Gasteiger partial charge >= 0.3 is 5.97 Å². The Kier molecular flexibility index (Phi) is 5.26. The highest BCUT2D eigenvalue weighted by Gasteiger charge is 2.26. The molecule has 28 heavy (non-hydrogen) atoms. The van der Waals surface area contributed by atoms with E-state index in [-0.39, 0.29) is 11.4 Å². The summed E-state index contributed by atoms with van der Waals surface area (Å²) in [6.07, 6.45) is 0. The summed E-state index contributed by atoms with van der Waals surface area (Å²) >= 11 is 0. The Morgan fingerprint density at radius 2 is 1.50 bits per heavy atom. The van der Waals surface area contributed by atoms with Crippen LogP contribution in [0.15, 0.2) is 48.5 Å². The average Bonchev–Trinajstić information content (AvgIpc) is 2.60. The van der Waals surface area contributed by atoms with E-state index in [9.17, 15) is 22.8 Å². The number of esters is 1. The number of pyridine rings is 1. The van der Waals surface area contributed by atoms with Crippen molar-refractivity contribution in [1.82, 2.24) is 4.98 Å². The van der Waals surface area contributed by atoms with Gasteiger partial charge in [0.15, 0.2) is 5.78 Å². The second-order valence-electron chi connectivity index (χ2n) is 6.09. The van der Waals surface area contributed by atoms with Crippen molar-refractivity contribution < 1.29 is 27.5 Å². The van der Waals surface area contributed by atoms with E-state index in [1.54, 1.807) is 50.2 Å². The molecule has 0 aliphatic rings. The fourth-order valence-corrected chi connectivity index (χ4v) is 2.76. The molecule has 0 spiro atoms. The first kappa shape index (κ1) is 19.3. The minimum Gasteiger partial charge on any atom is -0.403 e. The van der Waals surface area contributed by atoms with E-state index in [0.29, 0.717) is 29.0 Å². The predicted molar refractivity (Wildman–Crippen MR) is 94.9 cm³/mol. The molecular weight excluding hydrogens is 371 g/mol. The molecule has 142 valence electrons. The SMILES string of the molecule is Cc1cc(C)c(C(=O)c2ccccc2)c(OC(=O)c2c(F)cc(F)cc2F)n1. The molecule has 0 aliphatic carbocycles. The molecule has 1 aromatic heterocycles. The largest absolute Gasteiger partial charge is 0.403 e. The standard InChI is InChI=1S/C21H14F3NO3/c1-11-8-12(2)25-20(17(11)19(26)13-6-4-3-5-7-13)28-21(27)18-15(23)9-14(22)10-16(18)24/h3-10H,1-2H3. The molecule has 0 saturated carbocycles. The van der Waals surface area contributed by atoms with Crippen LogP contribution in [0.4, 0.5) is 13.2 Å². The molecule has 0 N–H and O–H groups in total. The summed E-state index contributed by atoms with van der Waals surface area (Å²) in [5.41, 5.74) is 0.162. The van der Waals surface area contributed by atoms with Crippen molar-refractivity contribution in [3.05, 3.63) is 93.9 Å². The first-order chi connectivity index (χ1) is 13.3. The zero-order valence-corrected chi connectivity index (χ0v) is 14.9. The highest BCUT2D eigenvalue weighted by atomic mass is 19.1. The number of rotatable bonds is 4. The van der Waals surface area contributed by atoms with Gasteiger partial charge < -0.3 is 4.74 Å². The van der Waals surface area contributed by atoms with Crippen molar-refractivity contribution in [1.29, 1.82) is 0 Å². The van der Waals surface area contributed by atoms with Crippen LogP contribution < -0.4 is 4.74 Å². The third-order valence-corrected chi connectivity index (χ3v) is 3.97. The number of aryl methyl sites for hydroxylation is 2. The first-order valence-electron chi connectivity index (χ1n) is 8.22. The third kappa shape index (κ3) is 3.78. The lowest BCUT2D eigenvalue weighted by Gasteiger charge is -2.13. The molecule has 1 heterocycles. The van der Waals surface area contributed by atoms with Gasteiger partial charge in [-0.3, -0.25) is 4.79 Å². The Bertz CT molecular complexity index is 1060. The molecular formula is C21H14F3NO3. The van der Waals surface area contributed by atoms with Crippen LogP contribution in [0.1, 0.15) is 37.5 Å². The fraction of sp³-hybridized carbons (Fsp3) is 0.0952. The Morgan fingerprint density at radius 1 is 0.893 bits per heavy atom. The average molecular weight is 385 g/mol. The quantitative estimate of drug-likeness (QED) is 0.488. The number of carbonyl (C=O) groups excluding carboxylic acids is 2. The van der Waals surface area contributed by atoms with E-state index >= 15 is 0 Å². The zero-order valence-electron chi connectivity index (χ0n) is 14.9. The summed E-state index contributed by atoms with van der Waals surface area (Å²) in [7, 11) is 0. The number of halogens is 3. The van der Waals surface area contributed by atoms with Crippen molar-refractivity contribution in [2.24, 2.45) is 0 Å². The lowest BCUT2D eigenvalue weighted by atomic mass is 10.00. The van der Waals surface area contributed by atoms with E-state index in [4.69, 9.17) is 4.74 Å². The second-order valence-corrected chi connectivity index (χ2v) is 6.09. The van der Waals surface area contributed by atoms with Crippen LogP contribution in [-0.2, 0) is 0 Å². The van der Waals surface area contributed by atoms with Gasteiger partial charge in [0.1, 0.15) is 23.0 Å². The minimum absolute atomic E-state index is 0.00641. The Morgan fingerprint density at radius 3 is 2.11 bits per heavy atom. The van der Waals surface area contributed by atoms with E-state index < -0.39 is 34.8 Å². The van der Waals surface area contributed by atoms with E-state index in [1.165, 1.54) is 0 Å². The third-order valence-electron chi connectivity index (χ3n) is 3.97. The topological polar surface area (TPSA) is 56.3 Å². The molecule has 0 unspecified atom stereocenters. The van der Waals surface area contributed by atoms with E-state index in [2.05, 4.69) is 4.98 Å². The molecule has 4 nitrogen and oxygen atoms in total. The molecule has 3 rings (SSSR count). The van der Waals surface area contributed by atoms with Crippen molar-refractivity contribution in [3.63, 3.8) is 0 Å². The minimum atomic E-state index is -1.42. The summed E-state index contributed by atoms with van der Waals surface area (Å²) in [5, 5.41) is 0. The summed E-state index contributed by atoms with van der Waals surface area (Å²) in [6, 6.07) is 10.6. The maximum Gasteiger partial charge on any atom is 0.350 e. The van der Waals surface area contributed by atoms with Gasteiger partial charge in [-0.1, -0.05) is 30.3 Å². The Balaban J connectivity index is 2.05. The number of hydrogen-bond donors (Lipinski definition) is 0. The molecule has 2 aromatic carbocycles. The molecule has 7 heteroatoms. The number of ketones is 1. The first-order valence-corrected chi connectivity index (χ1v) is 8.22. The molecule has 3 aromatic rings. The Labute approximate surface area is 158 Å². The van der Waals surface area contributed by atoms with Gasteiger partial charge in [-0.05, 0) is 25.5 Å². The smallest absolute Gasteiger partial charge is 0.350 e. The van der Waals surface area contributed by atoms with Crippen LogP contribution in [0, 0.1) is 31.3 Å². The fourth-order valence-electron chi connectivity index (χ4n) is 2.76. The second kappa shape index (κ2) is 7.64. The van der Waals surface area contributed by atoms with Crippen LogP contribution in [0.2, 0.25) is 0 Å². The van der Waals surface area contributed by atoms with Gasteiger partial charge in [0.2, 0.25) is 5.88 Å². The summed E-state index contributed by atoms with van der Waals surface area (Å²) in [4.78, 5) is 29.2. The van der Waals surface area contributed by atoms with Gasteiger partial charge in [-0.2, -0.15) is 0 Å². The summed E-state index contributed by atoms with van der Waals surface area (Å²) in [6.45, 7) is 3.24. The molecule has 0 saturated heterocycles. The molecule has 0 fully saturated rings. The molecule has 0 radical (unpaired) electrons. The number of benzene rings is 2. The molecule has 0 bridgehead atoms. The monoisotopic (exact) mass is 385 g/mol. The zero-order chi connectivity index (χ0) is 20.4. The van der Waals surface area contributed by atoms with Crippen molar-refractivity contribution in [3.8, 4) is 5.88 Å². The van der Waals surface area contributed by atoms with Crippen molar-refractivity contribution in [2.75, 3.05) is 0 Å². The van der Waals surface area contributed by atoms with E-state index in [0.717, 1.165) is 0 Å². The Hall–Kier alpha value is -3.48. The molecule has 0 aliphatic heterocycles. The lowest BCUT2D eigenvalue weighted by molar-refractivity contribution is 0.0715. The normalized spacial score (nSPS) is 10.6. The van der Waals surface area contributed by atoms with E-state index in [1.807, 2.05) is 0 Å². The number of hydrogen-bond acceptors (Lipinski definition) is 4. The number of carbonyl (C=O) groups is 2. The van der Waals surface area contributed by atoms with Gasteiger partial charge in [-0.15, -0.1) is 0 Å². The molecule has 0 atom stereocenters. The maximum atomic E-state index is 13.9. The van der Waals surface area contributed by atoms with Crippen LogP contribution in [0.3, 0.4) is 0 Å². The maximum absolute atomic E-state index is 13.9. The van der Waals surface area contributed by atoms with Crippen LogP contribution >= 0.6 is 0 Å². The summed E-state index contributed by atoms with van der Waals surface area (Å²) < 4.78 is 45.9. The van der Waals surface area contributed by atoms with Gasteiger partial charge in [0.25, 0.3) is 0 Å². The number of aromatic nitrogens is 1. The van der Waals surface area contributed by atoms with Crippen molar-refractivity contribution >= 4 is 11.8 Å². The number of ether oxygens (including phenoxy) is 1. The predicted octanol–water partition coefficient (Wildman–Crippen LogP) is 4.57. The highest BCUT2D eigenvalue weighted by Crippen LogP contribution is 2.26. The molecule has 0 amide bonds. The van der Waals surface area contributed by atoms with Gasteiger partial charge in [0, 0.05) is 23.4 Å². The van der Waals surface area contributed by atoms with Gasteiger partial charge in [0.05, 0.1) is 5.56 Å². The lowest BCUT2D eigenvalue weighted by Crippen LogP contribution is -2.18.